The monoisotopic (exact) mass is 263 g/mol. The molecule has 5 nitrogen and oxygen atoms in total. The van der Waals surface area contributed by atoms with Crippen molar-refractivity contribution in [3.63, 3.8) is 0 Å². The minimum absolute atomic E-state index is 0.0594. The second-order valence-corrected chi connectivity index (χ2v) is 5.23. The Labute approximate surface area is 113 Å². The molecular formula is C14H21N3O2. The van der Waals surface area contributed by atoms with E-state index >= 15 is 0 Å². The minimum atomic E-state index is -0.189. The number of rotatable bonds is 5. The maximum absolute atomic E-state index is 11.9. The second kappa shape index (κ2) is 5.48. The number of hydrogen-bond donors (Lipinski definition) is 3. The number of nitrogens with zero attached hydrogens (tertiary/aromatic N) is 1. The zero-order valence-corrected chi connectivity index (χ0v) is 11.4. The Balaban J connectivity index is 1.88. The van der Waals surface area contributed by atoms with Gasteiger partial charge in [-0.2, -0.15) is 0 Å². The molecule has 1 aromatic rings. The van der Waals surface area contributed by atoms with Crippen molar-refractivity contribution in [2.24, 2.45) is 0 Å². The number of anilines is 1. The van der Waals surface area contributed by atoms with Crippen molar-refractivity contribution in [3.05, 3.63) is 23.8 Å². The summed E-state index contributed by atoms with van der Waals surface area (Å²) in [5, 5.41) is 12.4. The van der Waals surface area contributed by atoms with E-state index in [0.717, 1.165) is 0 Å². The van der Waals surface area contributed by atoms with Crippen LogP contribution in [0.5, 0.6) is 5.75 Å². The van der Waals surface area contributed by atoms with Crippen molar-refractivity contribution in [1.29, 1.82) is 0 Å². The van der Waals surface area contributed by atoms with E-state index in [2.05, 4.69) is 24.2 Å². The Kier molecular flexibility index (Phi) is 3.95. The molecule has 0 spiro atoms. The summed E-state index contributed by atoms with van der Waals surface area (Å²) in [4.78, 5) is 14.2. The van der Waals surface area contributed by atoms with Gasteiger partial charge in [-0.25, -0.2) is 0 Å². The van der Waals surface area contributed by atoms with Gasteiger partial charge in [-0.05, 0) is 45.0 Å². The average molecular weight is 263 g/mol. The lowest BCUT2D eigenvalue weighted by molar-refractivity contribution is 0.0939. The highest BCUT2D eigenvalue weighted by atomic mass is 16.3. The highest BCUT2D eigenvalue weighted by Gasteiger charge is 2.29. The van der Waals surface area contributed by atoms with E-state index in [1.54, 1.807) is 6.07 Å². The number of likely N-dealkylation sites (N-methyl/N-ethyl adjacent to an activating group) is 1. The first-order valence-corrected chi connectivity index (χ1v) is 6.57. The van der Waals surface area contributed by atoms with Gasteiger partial charge in [-0.15, -0.1) is 0 Å². The van der Waals surface area contributed by atoms with Crippen LogP contribution in [0.2, 0.25) is 0 Å². The molecule has 0 saturated heterocycles. The lowest BCUT2D eigenvalue weighted by Crippen LogP contribution is -2.41. The molecular weight excluding hydrogens is 242 g/mol. The first kappa shape index (κ1) is 13.7. The quantitative estimate of drug-likeness (QED) is 0.551. The molecule has 19 heavy (non-hydrogen) atoms. The van der Waals surface area contributed by atoms with Crippen LogP contribution >= 0.6 is 0 Å². The molecule has 1 aromatic carbocycles. The summed E-state index contributed by atoms with van der Waals surface area (Å²) < 4.78 is 0. The zero-order chi connectivity index (χ0) is 14.0. The average Bonchev–Trinajstić information content (AvgIpc) is 3.22. The van der Waals surface area contributed by atoms with Gasteiger partial charge >= 0.3 is 0 Å². The van der Waals surface area contributed by atoms with E-state index in [1.165, 1.54) is 25.0 Å². The maximum atomic E-state index is 11.9. The standard InChI is InChI=1S/C14H21N3O2/c1-9(17(2)11-4-5-11)8-16-14(19)10-3-6-12(15)13(18)7-10/h3,6-7,9,11,18H,4-5,8,15H2,1-2H3,(H,16,19). The van der Waals surface area contributed by atoms with Gasteiger partial charge in [0.15, 0.2) is 0 Å². The molecule has 0 aliphatic heterocycles. The van der Waals surface area contributed by atoms with Crippen molar-refractivity contribution < 1.29 is 9.90 Å². The Hall–Kier alpha value is -1.75. The number of carbonyl (C=O) groups is 1. The van der Waals surface area contributed by atoms with Crippen LogP contribution in [0.3, 0.4) is 0 Å². The van der Waals surface area contributed by atoms with Crippen molar-refractivity contribution in [3.8, 4) is 5.75 Å². The van der Waals surface area contributed by atoms with Gasteiger partial charge in [0, 0.05) is 24.2 Å². The molecule has 2 rings (SSSR count). The molecule has 4 N–H and O–H groups in total. The van der Waals surface area contributed by atoms with E-state index < -0.39 is 0 Å². The Morgan fingerprint density at radius 2 is 2.26 bits per heavy atom. The number of phenolic OH excluding ortho intramolecular Hbond substituents is 1. The summed E-state index contributed by atoms with van der Waals surface area (Å²) in [6.07, 6.45) is 2.50. The van der Waals surface area contributed by atoms with Crippen LogP contribution in [0.15, 0.2) is 18.2 Å². The van der Waals surface area contributed by atoms with Gasteiger partial charge in [0.1, 0.15) is 5.75 Å². The van der Waals surface area contributed by atoms with Crippen LogP contribution in [-0.2, 0) is 0 Å². The number of carbonyl (C=O) groups excluding carboxylic acids is 1. The predicted molar refractivity (Wildman–Crippen MR) is 75.1 cm³/mol. The molecule has 0 radical (unpaired) electrons. The lowest BCUT2D eigenvalue weighted by atomic mass is 10.1. The van der Waals surface area contributed by atoms with Gasteiger partial charge in [-0.1, -0.05) is 0 Å². The summed E-state index contributed by atoms with van der Waals surface area (Å²) in [5.74, 6) is -0.248. The normalized spacial score (nSPS) is 16.4. The van der Waals surface area contributed by atoms with Gasteiger partial charge in [0.05, 0.1) is 5.69 Å². The largest absolute Gasteiger partial charge is 0.506 e. The molecule has 0 aromatic heterocycles. The molecule has 1 fully saturated rings. The Bertz CT molecular complexity index is 472. The molecule has 1 unspecified atom stereocenters. The molecule has 1 saturated carbocycles. The first-order valence-electron chi connectivity index (χ1n) is 6.57. The SMILES string of the molecule is CC(CNC(=O)c1ccc(N)c(O)c1)N(C)C1CC1. The third-order valence-electron chi connectivity index (χ3n) is 3.67. The van der Waals surface area contributed by atoms with Crippen LogP contribution in [0.25, 0.3) is 0 Å². The minimum Gasteiger partial charge on any atom is -0.506 e. The van der Waals surface area contributed by atoms with E-state index in [-0.39, 0.29) is 17.3 Å². The van der Waals surface area contributed by atoms with Crippen molar-refractivity contribution >= 4 is 11.6 Å². The van der Waals surface area contributed by atoms with Crippen molar-refractivity contribution in [2.75, 3.05) is 19.3 Å². The molecule has 1 atom stereocenters. The third kappa shape index (κ3) is 3.38. The predicted octanol–water partition coefficient (Wildman–Crippen LogP) is 1.19. The Morgan fingerprint density at radius 1 is 1.58 bits per heavy atom. The zero-order valence-electron chi connectivity index (χ0n) is 11.4. The first-order chi connectivity index (χ1) is 8.99. The number of nitrogens with one attached hydrogen (secondary N) is 1. The summed E-state index contributed by atoms with van der Waals surface area (Å²) in [5.41, 5.74) is 6.20. The Morgan fingerprint density at radius 3 is 2.84 bits per heavy atom. The second-order valence-electron chi connectivity index (χ2n) is 5.23. The summed E-state index contributed by atoms with van der Waals surface area (Å²) in [6, 6.07) is 5.51. The number of phenols is 1. The number of nitrogens with two attached hydrogens (primary N) is 1. The fourth-order valence-electron chi connectivity index (χ4n) is 2.01. The molecule has 1 aliphatic rings. The molecule has 5 heteroatoms. The van der Waals surface area contributed by atoms with Crippen molar-refractivity contribution in [2.45, 2.75) is 31.8 Å². The molecule has 0 heterocycles. The smallest absolute Gasteiger partial charge is 0.251 e. The molecule has 104 valence electrons. The molecule has 1 amide bonds. The number of amides is 1. The number of nitrogen functional groups attached to an aromatic ring is 1. The number of benzene rings is 1. The summed E-state index contributed by atoms with van der Waals surface area (Å²) in [7, 11) is 2.09. The van der Waals surface area contributed by atoms with Crippen LogP contribution in [0.4, 0.5) is 5.69 Å². The van der Waals surface area contributed by atoms with Gasteiger partial charge in [-0.3, -0.25) is 9.69 Å². The van der Waals surface area contributed by atoms with Gasteiger partial charge < -0.3 is 16.2 Å². The van der Waals surface area contributed by atoms with E-state index in [0.29, 0.717) is 24.2 Å². The molecule has 0 bridgehead atoms. The fraction of sp³-hybridized carbons (Fsp3) is 0.500. The molecule has 1 aliphatic carbocycles. The summed E-state index contributed by atoms with van der Waals surface area (Å²) in [6.45, 7) is 2.69. The van der Waals surface area contributed by atoms with Crippen molar-refractivity contribution in [1.82, 2.24) is 10.2 Å². The number of hydrogen-bond acceptors (Lipinski definition) is 4. The highest BCUT2D eigenvalue weighted by Crippen LogP contribution is 2.26. The summed E-state index contributed by atoms with van der Waals surface area (Å²) >= 11 is 0. The van der Waals surface area contributed by atoms with Crippen LogP contribution in [0.1, 0.15) is 30.1 Å². The maximum Gasteiger partial charge on any atom is 0.251 e. The van der Waals surface area contributed by atoms with Gasteiger partial charge in [0.25, 0.3) is 5.91 Å². The fourth-order valence-corrected chi connectivity index (χ4v) is 2.01. The van der Waals surface area contributed by atoms with E-state index in [4.69, 9.17) is 5.73 Å². The van der Waals surface area contributed by atoms with Crippen LogP contribution in [0, 0.1) is 0 Å². The van der Waals surface area contributed by atoms with Gasteiger partial charge in [0.2, 0.25) is 0 Å². The topological polar surface area (TPSA) is 78.6 Å². The van der Waals surface area contributed by atoms with E-state index in [1.807, 2.05) is 0 Å². The van der Waals surface area contributed by atoms with Crippen LogP contribution < -0.4 is 11.1 Å². The highest BCUT2D eigenvalue weighted by molar-refractivity contribution is 5.95. The van der Waals surface area contributed by atoms with Crippen LogP contribution in [-0.4, -0.2) is 41.6 Å². The lowest BCUT2D eigenvalue weighted by Gasteiger charge is -2.24. The number of aromatic hydroxyl groups is 1. The van der Waals surface area contributed by atoms with E-state index in [9.17, 15) is 9.90 Å². The third-order valence-corrected chi connectivity index (χ3v) is 3.67.